The van der Waals surface area contributed by atoms with Crippen molar-refractivity contribution in [3.05, 3.63) is 33.6 Å². The van der Waals surface area contributed by atoms with Crippen LogP contribution in [0.25, 0.3) is 0 Å². The molecule has 6 heteroatoms. The van der Waals surface area contributed by atoms with Crippen molar-refractivity contribution in [1.29, 1.82) is 0 Å². The van der Waals surface area contributed by atoms with Gasteiger partial charge in [-0.3, -0.25) is 4.79 Å². The van der Waals surface area contributed by atoms with Gasteiger partial charge in [0.1, 0.15) is 5.82 Å². The van der Waals surface area contributed by atoms with Crippen LogP contribution in [0.2, 0.25) is 10.0 Å². The molecule has 1 aromatic carbocycles. The molecule has 0 saturated heterocycles. The summed E-state index contributed by atoms with van der Waals surface area (Å²) in [6.07, 6.45) is -0.159. The number of methoxy groups -OCH3 is 1. The maximum atomic E-state index is 13.5. The van der Waals surface area contributed by atoms with E-state index in [0.29, 0.717) is 0 Å². The van der Waals surface area contributed by atoms with Crippen LogP contribution in [-0.2, 0) is 9.53 Å². The van der Waals surface area contributed by atoms with E-state index >= 15 is 0 Å². The second-order valence-electron chi connectivity index (χ2n) is 3.14. The summed E-state index contributed by atoms with van der Waals surface area (Å²) in [6, 6.07) is 1.60. The first-order valence-electron chi connectivity index (χ1n) is 4.43. The summed E-state index contributed by atoms with van der Waals surface area (Å²) < 4.78 is 17.9. The van der Waals surface area contributed by atoms with Crippen molar-refractivity contribution in [2.75, 3.05) is 7.11 Å². The Morgan fingerprint density at radius 1 is 1.56 bits per heavy atom. The van der Waals surface area contributed by atoms with Gasteiger partial charge < -0.3 is 10.5 Å². The number of nitrogens with two attached hydrogens (primary N) is 1. The van der Waals surface area contributed by atoms with Crippen molar-refractivity contribution in [2.45, 2.75) is 12.5 Å². The fourth-order valence-electron chi connectivity index (χ4n) is 1.25. The van der Waals surface area contributed by atoms with E-state index in [2.05, 4.69) is 4.74 Å². The monoisotopic (exact) mass is 265 g/mol. The maximum absolute atomic E-state index is 13.5. The van der Waals surface area contributed by atoms with E-state index < -0.39 is 17.8 Å². The minimum Gasteiger partial charge on any atom is -0.469 e. The Labute approximate surface area is 102 Å². The summed E-state index contributed by atoms with van der Waals surface area (Å²) >= 11 is 11.5. The van der Waals surface area contributed by atoms with Crippen LogP contribution in [0.3, 0.4) is 0 Å². The zero-order valence-corrected chi connectivity index (χ0v) is 9.98. The third-order valence-corrected chi connectivity index (χ3v) is 2.88. The van der Waals surface area contributed by atoms with Gasteiger partial charge in [-0.1, -0.05) is 23.2 Å². The van der Waals surface area contributed by atoms with Crippen LogP contribution >= 0.6 is 23.2 Å². The van der Waals surface area contributed by atoms with Crippen molar-refractivity contribution in [1.82, 2.24) is 0 Å². The standard InChI is InChI=1S/C10H10Cl2FNO2/c1-16-8(15)4-7(14)9-6(13)3-2-5(11)10(9)12/h2-3,7H,4,14H2,1H3/t7-/m1/s1. The highest BCUT2D eigenvalue weighted by molar-refractivity contribution is 6.42. The SMILES string of the molecule is COC(=O)C[C@@H](N)c1c(F)ccc(Cl)c1Cl. The lowest BCUT2D eigenvalue weighted by Gasteiger charge is -2.14. The molecule has 1 aromatic rings. The topological polar surface area (TPSA) is 52.3 Å². The molecule has 0 radical (unpaired) electrons. The highest BCUT2D eigenvalue weighted by Gasteiger charge is 2.20. The normalized spacial score (nSPS) is 12.3. The first-order valence-corrected chi connectivity index (χ1v) is 5.18. The van der Waals surface area contributed by atoms with Gasteiger partial charge in [-0.25, -0.2) is 4.39 Å². The molecular formula is C10H10Cl2FNO2. The number of ether oxygens (including phenoxy) is 1. The second kappa shape index (κ2) is 5.48. The van der Waals surface area contributed by atoms with E-state index in [0.717, 1.165) is 6.07 Å². The van der Waals surface area contributed by atoms with Crippen LogP contribution in [0.15, 0.2) is 12.1 Å². The average Bonchev–Trinajstić information content (AvgIpc) is 2.24. The Bertz CT molecular complexity index is 412. The van der Waals surface area contributed by atoms with Crippen molar-refractivity contribution in [2.24, 2.45) is 5.73 Å². The van der Waals surface area contributed by atoms with E-state index in [1.165, 1.54) is 13.2 Å². The van der Waals surface area contributed by atoms with Crippen LogP contribution in [0.4, 0.5) is 4.39 Å². The fraction of sp³-hybridized carbons (Fsp3) is 0.300. The molecule has 1 atom stereocenters. The molecule has 0 bridgehead atoms. The van der Waals surface area contributed by atoms with E-state index in [1.807, 2.05) is 0 Å². The molecule has 3 nitrogen and oxygen atoms in total. The molecule has 0 aliphatic carbocycles. The fourth-order valence-corrected chi connectivity index (χ4v) is 1.71. The van der Waals surface area contributed by atoms with Gasteiger partial charge >= 0.3 is 5.97 Å². The number of hydrogen-bond donors (Lipinski definition) is 1. The molecule has 0 heterocycles. The van der Waals surface area contributed by atoms with E-state index in [-0.39, 0.29) is 22.0 Å². The largest absolute Gasteiger partial charge is 0.469 e. The number of halogens is 3. The molecule has 0 unspecified atom stereocenters. The number of rotatable bonds is 3. The third-order valence-electron chi connectivity index (χ3n) is 2.06. The summed E-state index contributed by atoms with van der Waals surface area (Å²) in [5, 5.41) is 0.219. The van der Waals surface area contributed by atoms with Gasteiger partial charge in [-0.05, 0) is 12.1 Å². The van der Waals surface area contributed by atoms with Crippen LogP contribution in [0.5, 0.6) is 0 Å². The first-order chi connectivity index (χ1) is 7.47. The van der Waals surface area contributed by atoms with Crippen LogP contribution in [0.1, 0.15) is 18.0 Å². The van der Waals surface area contributed by atoms with Gasteiger partial charge in [0.25, 0.3) is 0 Å². The zero-order chi connectivity index (χ0) is 12.3. The smallest absolute Gasteiger partial charge is 0.307 e. The van der Waals surface area contributed by atoms with Crippen molar-refractivity contribution < 1.29 is 13.9 Å². The average molecular weight is 266 g/mol. The Morgan fingerprint density at radius 3 is 2.75 bits per heavy atom. The molecule has 0 amide bonds. The predicted molar refractivity (Wildman–Crippen MR) is 60.0 cm³/mol. The lowest BCUT2D eigenvalue weighted by molar-refractivity contribution is -0.141. The van der Waals surface area contributed by atoms with Gasteiger partial charge in [-0.15, -0.1) is 0 Å². The zero-order valence-electron chi connectivity index (χ0n) is 8.47. The van der Waals surface area contributed by atoms with Crippen LogP contribution < -0.4 is 5.73 Å². The van der Waals surface area contributed by atoms with Crippen molar-refractivity contribution >= 4 is 29.2 Å². The molecule has 1 rings (SSSR count). The molecule has 0 aliphatic rings. The Kier molecular flexibility index (Phi) is 4.53. The van der Waals surface area contributed by atoms with Crippen LogP contribution in [0, 0.1) is 5.82 Å². The van der Waals surface area contributed by atoms with E-state index in [9.17, 15) is 9.18 Å². The van der Waals surface area contributed by atoms with Crippen molar-refractivity contribution in [3.63, 3.8) is 0 Å². The number of hydrogen-bond acceptors (Lipinski definition) is 3. The lowest BCUT2D eigenvalue weighted by atomic mass is 10.0. The summed E-state index contributed by atoms with van der Waals surface area (Å²) in [5.74, 6) is -1.13. The molecule has 2 N–H and O–H groups in total. The van der Waals surface area contributed by atoms with Gasteiger partial charge in [0.2, 0.25) is 0 Å². The number of carbonyl (C=O) groups excluding carboxylic acids is 1. The molecule has 0 aromatic heterocycles. The minimum absolute atomic E-state index is 0.0260. The van der Waals surface area contributed by atoms with Gasteiger partial charge in [0.05, 0.1) is 23.6 Å². The lowest BCUT2D eigenvalue weighted by Crippen LogP contribution is -2.18. The number of carbonyl (C=O) groups is 1. The highest BCUT2D eigenvalue weighted by Crippen LogP contribution is 2.32. The van der Waals surface area contributed by atoms with E-state index in [1.54, 1.807) is 0 Å². The minimum atomic E-state index is -0.876. The number of benzene rings is 1. The number of esters is 1. The molecule has 88 valence electrons. The van der Waals surface area contributed by atoms with Crippen LogP contribution in [-0.4, -0.2) is 13.1 Å². The van der Waals surface area contributed by atoms with Gasteiger partial charge in [-0.2, -0.15) is 0 Å². The second-order valence-corrected chi connectivity index (χ2v) is 3.93. The molecule has 0 aliphatic heterocycles. The highest BCUT2D eigenvalue weighted by atomic mass is 35.5. The summed E-state index contributed by atoms with van der Waals surface area (Å²) in [5.41, 5.74) is 5.69. The van der Waals surface area contributed by atoms with Crippen molar-refractivity contribution in [3.8, 4) is 0 Å². The maximum Gasteiger partial charge on any atom is 0.307 e. The molecule has 0 saturated carbocycles. The Hall–Kier alpha value is -0.840. The van der Waals surface area contributed by atoms with E-state index in [4.69, 9.17) is 28.9 Å². The summed E-state index contributed by atoms with van der Waals surface area (Å²) in [6.45, 7) is 0. The van der Waals surface area contributed by atoms with Gasteiger partial charge in [0.15, 0.2) is 0 Å². The summed E-state index contributed by atoms with van der Waals surface area (Å²) in [4.78, 5) is 11.0. The third kappa shape index (κ3) is 2.84. The summed E-state index contributed by atoms with van der Waals surface area (Å²) in [7, 11) is 1.23. The molecule has 0 fully saturated rings. The molecule has 0 spiro atoms. The first kappa shape index (κ1) is 13.2. The molecular weight excluding hydrogens is 256 g/mol. The quantitative estimate of drug-likeness (QED) is 0.676. The molecule has 16 heavy (non-hydrogen) atoms. The Balaban J connectivity index is 3.03. The Morgan fingerprint density at radius 2 is 2.19 bits per heavy atom. The predicted octanol–water partition coefficient (Wildman–Crippen LogP) is 2.70. The van der Waals surface area contributed by atoms with Gasteiger partial charge in [0, 0.05) is 11.6 Å².